The van der Waals surface area contributed by atoms with Crippen LogP contribution in [0.2, 0.25) is 0 Å². The molecular formula is C15H22N2O2. The van der Waals surface area contributed by atoms with E-state index in [2.05, 4.69) is 19.2 Å². The molecule has 4 heteroatoms. The summed E-state index contributed by atoms with van der Waals surface area (Å²) in [5.41, 5.74) is 2.13. The van der Waals surface area contributed by atoms with Crippen molar-refractivity contribution in [2.45, 2.75) is 46.1 Å². The number of benzene rings is 1. The van der Waals surface area contributed by atoms with Crippen molar-refractivity contribution >= 4 is 11.4 Å². The van der Waals surface area contributed by atoms with E-state index in [-0.39, 0.29) is 10.6 Å². The van der Waals surface area contributed by atoms with E-state index < -0.39 is 0 Å². The summed E-state index contributed by atoms with van der Waals surface area (Å²) in [7, 11) is 0. The molecule has 1 N–H and O–H groups in total. The average molecular weight is 262 g/mol. The van der Waals surface area contributed by atoms with Crippen molar-refractivity contribution in [3.05, 3.63) is 33.9 Å². The molecule has 4 nitrogen and oxygen atoms in total. The Balaban J connectivity index is 2.18. The largest absolute Gasteiger partial charge is 0.382 e. The molecule has 1 aromatic rings. The molecule has 2 rings (SSSR count). The molecule has 0 radical (unpaired) electrons. The Morgan fingerprint density at radius 1 is 1.32 bits per heavy atom. The van der Waals surface area contributed by atoms with Crippen LogP contribution in [0.25, 0.3) is 0 Å². The van der Waals surface area contributed by atoms with Crippen LogP contribution in [0.15, 0.2) is 18.2 Å². The third-order valence-corrected chi connectivity index (χ3v) is 4.48. The van der Waals surface area contributed by atoms with Crippen LogP contribution < -0.4 is 5.32 Å². The van der Waals surface area contributed by atoms with E-state index >= 15 is 0 Å². The van der Waals surface area contributed by atoms with E-state index in [1.807, 2.05) is 13.0 Å². The predicted molar refractivity (Wildman–Crippen MR) is 77.4 cm³/mol. The van der Waals surface area contributed by atoms with Crippen molar-refractivity contribution in [1.82, 2.24) is 0 Å². The smallest absolute Gasteiger partial charge is 0.271 e. The fourth-order valence-corrected chi connectivity index (χ4v) is 2.86. The zero-order valence-corrected chi connectivity index (χ0v) is 11.8. The number of nitro groups is 1. The number of anilines is 1. The Hall–Kier alpha value is -1.58. The number of nitrogens with zero attached hydrogens (tertiary/aromatic N) is 1. The molecule has 3 unspecified atom stereocenters. The molecule has 0 aliphatic heterocycles. The van der Waals surface area contributed by atoms with Crippen molar-refractivity contribution in [2.75, 3.05) is 5.32 Å². The molecule has 0 bridgehead atoms. The molecule has 1 saturated carbocycles. The van der Waals surface area contributed by atoms with Crippen molar-refractivity contribution in [3.63, 3.8) is 0 Å². The molecule has 0 amide bonds. The zero-order valence-electron chi connectivity index (χ0n) is 11.8. The van der Waals surface area contributed by atoms with Crippen molar-refractivity contribution in [2.24, 2.45) is 11.8 Å². The minimum atomic E-state index is -0.336. The lowest BCUT2D eigenvalue weighted by molar-refractivity contribution is -0.384. The van der Waals surface area contributed by atoms with Gasteiger partial charge >= 0.3 is 0 Å². The highest BCUT2D eigenvalue weighted by atomic mass is 16.6. The molecule has 0 saturated heterocycles. The van der Waals surface area contributed by atoms with Gasteiger partial charge in [-0.2, -0.15) is 0 Å². The zero-order chi connectivity index (χ0) is 14.0. The van der Waals surface area contributed by atoms with E-state index in [1.165, 1.54) is 12.8 Å². The molecule has 3 atom stereocenters. The van der Waals surface area contributed by atoms with Crippen LogP contribution in [0, 0.1) is 28.9 Å². The van der Waals surface area contributed by atoms with E-state index in [1.54, 1.807) is 12.1 Å². The van der Waals surface area contributed by atoms with Gasteiger partial charge in [-0.3, -0.25) is 10.1 Å². The Labute approximate surface area is 114 Å². The Morgan fingerprint density at radius 2 is 2.05 bits per heavy atom. The van der Waals surface area contributed by atoms with Crippen LogP contribution >= 0.6 is 0 Å². The van der Waals surface area contributed by atoms with Gasteiger partial charge in [-0.25, -0.2) is 0 Å². The second-order valence-corrected chi connectivity index (χ2v) is 5.77. The van der Waals surface area contributed by atoms with Gasteiger partial charge in [0.25, 0.3) is 5.69 Å². The van der Waals surface area contributed by atoms with E-state index in [0.717, 1.165) is 17.7 Å². The first-order chi connectivity index (χ1) is 8.99. The van der Waals surface area contributed by atoms with Crippen LogP contribution in [0.4, 0.5) is 11.4 Å². The highest BCUT2D eigenvalue weighted by Crippen LogP contribution is 2.33. The van der Waals surface area contributed by atoms with Gasteiger partial charge in [-0.1, -0.05) is 32.8 Å². The molecule has 19 heavy (non-hydrogen) atoms. The summed E-state index contributed by atoms with van der Waals surface area (Å²) in [6.07, 6.45) is 3.66. The van der Waals surface area contributed by atoms with Crippen LogP contribution in [-0.4, -0.2) is 11.0 Å². The van der Waals surface area contributed by atoms with Crippen LogP contribution in [-0.2, 0) is 0 Å². The Morgan fingerprint density at radius 3 is 2.74 bits per heavy atom. The predicted octanol–water partition coefficient (Wildman–Crippen LogP) is 4.14. The second-order valence-electron chi connectivity index (χ2n) is 5.77. The van der Waals surface area contributed by atoms with E-state index in [4.69, 9.17) is 0 Å². The Bertz CT molecular complexity index is 473. The molecular weight excluding hydrogens is 240 g/mol. The summed E-state index contributed by atoms with van der Waals surface area (Å²) in [4.78, 5) is 10.5. The number of non-ortho nitro benzene ring substituents is 1. The van der Waals surface area contributed by atoms with Gasteiger partial charge in [-0.15, -0.1) is 0 Å². The maximum absolute atomic E-state index is 10.9. The average Bonchev–Trinajstić information content (AvgIpc) is 2.37. The highest BCUT2D eigenvalue weighted by Gasteiger charge is 2.27. The molecule has 1 fully saturated rings. The van der Waals surface area contributed by atoms with Crippen LogP contribution in [0.5, 0.6) is 0 Å². The summed E-state index contributed by atoms with van der Waals surface area (Å²) < 4.78 is 0. The fraction of sp³-hybridized carbons (Fsp3) is 0.600. The maximum atomic E-state index is 10.9. The first-order valence-electron chi connectivity index (χ1n) is 7.00. The number of hydrogen-bond acceptors (Lipinski definition) is 3. The van der Waals surface area contributed by atoms with Gasteiger partial charge < -0.3 is 5.32 Å². The standard InChI is InChI=1S/C15H22N2O2/c1-10-5-4-6-14(12(10)3)16-15-9-13(17(18)19)8-7-11(15)2/h7-10,12,14,16H,4-6H2,1-3H3. The Kier molecular flexibility index (Phi) is 4.08. The molecule has 1 aliphatic rings. The lowest BCUT2D eigenvalue weighted by Gasteiger charge is -2.35. The van der Waals surface area contributed by atoms with Crippen LogP contribution in [0.1, 0.15) is 38.7 Å². The minimum Gasteiger partial charge on any atom is -0.382 e. The maximum Gasteiger partial charge on any atom is 0.271 e. The minimum absolute atomic E-state index is 0.157. The van der Waals surface area contributed by atoms with Gasteiger partial charge in [0.15, 0.2) is 0 Å². The monoisotopic (exact) mass is 262 g/mol. The number of aryl methyl sites for hydroxylation is 1. The first kappa shape index (κ1) is 13.8. The number of nitro benzene ring substituents is 1. The summed E-state index contributed by atoms with van der Waals surface area (Å²) in [5, 5.41) is 14.4. The second kappa shape index (κ2) is 5.59. The lowest BCUT2D eigenvalue weighted by Crippen LogP contribution is -2.35. The van der Waals surface area contributed by atoms with E-state index in [0.29, 0.717) is 17.9 Å². The van der Waals surface area contributed by atoms with Crippen molar-refractivity contribution in [1.29, 1.82) is 0 Å². The third-order valence-electron chi connectivity index (χ3n) is 4.48. The fourth-order valence-electron chi connectivity index (χ4n) is 2.86. The molecule has 1 aromatic carbocycles. The normalized spacial score (nSPS) is 27.0. The summed E-state index contributed by atoms with van der Waals surface area (Å²) in [6.45, 7) is 6.55. The first-order valence-corrected chi connectivity index (χ1v) is 7.00. The number of nitrogens with one attached hydrogen (secondary N) is 1. The van der Waals surface area contributed by atoms with Crippen LogP contribution in [0.3, 0.4) is 0 Å². The summed E-state index contributed by atoms with van der Waals surface area (Å²) in [6, 6.07) is 5.45. The topological polar surface area (TPSA) is 55.2 Å². The van der Waals surface area contributed by atoms with Gasteiger partial charge in [0.1, 0.15) is 0 Å². The van der Waals surface area contributed by atoms with Crippen molar-refractivity contribution < 1.29 is 4.92 Å². The molecule has 104 valence electrons. The summed E-state index contributed by atoms with van der Waals surface area (Å²) in [5.74, 6) is 1.32. The molecule has 0 spiro atoms. The SMILES string of the molecule is Cc1ccc([N+](=O)[O-])cc1NC1CCCC(C)C1C. The molecule has 1 aliphatic carbocycles. The lowest BCUT2D eigenvalue weighted by atomic mass is 9.78. The summed E-state index contributed by atoms with van der Waals surface area (Å²) >= 11 is 0. The number of rotatable bonds is 3. The van der Waals surface area contributed by atoms with E-state index in [9.17, 15) is 10.1 Å². The van der Waals surface area contributed by atoms with Crippen molar-refractivity contribution in [3.8, 4) is 0 Å². The third kappa shape index (κ3) is 3.06. The number of hydrogen-bond donors (Lipinski definition) is 1. The highest BCUT2D eigenvalue weighted by molar-refractivity contribution is 5.57. The van der Waals surface area contributed by atoms with Gasteiger partial charge in [-0.05, 0) is 30.7 Å². The quantitative estimate of drug-likeness (QED) is 0.658. The van der Waals surface area contributed by atoms with Gasteiger partial charge in [0.2, 0.25) is 0 Å². The van der Waals surface area contributed by atoms with Gasteiger partial charge in [0.05, 0.1) is 4.92 Å². The molecule has 0 aromatic heterocycles. The van der Waals surface area contributed by atoms with Gasteiger partial charge in [0, 0.05) is 23.9 Å². The molecule has 0 heterocycles.